The fourth-order valence-electron chi connectivity index (χ4n) is 10.4. The van der Waals surface area contributed by atoms with Gasteiger partial charge in [-0.2, -0.15) is 0 Å². The van der Waals surface area contributed by atoms with Crippen molar-refractivity contribution in [1.82, 2.24) is 4.90 Å². The molecular formula is C37H56N3O7S2+. The van der Waals surface area contributed by atoms with E-state index in [2.05, 4.69) is 23.2 Å². The van der Waals surface area contributed by atoms with Crippen molar-refractivity contribution in [1.29, 1.82) is 0 Å². The summed E-state index contributed by atoms with van der Waals surface area (Å²) in [5.41, 5.74) is 6.89. The van der Waals surface area contributed by atoms with Crippen LogP contribution < -0.4 is 11.1 Å². The maximum atomic E-state index is 13.8. The van der Waals surface area contributed by atoms with Gasteiger partial charge in [-0.15, -0.1) is 0 Å². The summed E-state index contributed by atoms with van der Waals surface area (Å²) in [6.07, 6.45) is 10.9. The molecular weight excluding hydrogens is 663 g/mol. The van der Waals surface area contributed by atoms with Crippen LogP contribution in [0.25, 0.3) is 0 Å². The third kappa shape index (κ3) is 6.65. The normalized spacial score (nSPS) is 44.1. The minimum absolute atomic E-state index is 0.0742. The molecule has 1 saturated carbocycles. The molecule has 5 saturated heterocycles. The number of esters is 2. The van der Waals surface area contributed by atoms with Crippen LogP contribution in [0.3, 0.4) is 0 Å². The van der Waals surface area contributed by atoms with Crippen LogP contribution in [0.15, 0.2) is 23.3 Å². The zero-order valence-corrected chi connectivity index (χ0v) is 31.0. The fourth-order valence-corrected chi connectivity index (χ4v) is 13.0. The second kappa shape index (κ2) is 14.5. The van der Waals surface area contributed by atoms with Crippen molar-refractivity contribution in [2.45, 2.75) is 121 Å². The van der Waals surface area contributed by atoms with Crippen LogP contribution in [0.5, 0.6) is 0 Å². The molecule has 1 spiro atoms. The Morgan fingerprint density at radius 2 is 2.02 bits per heavy atom. The highest BCUT2D eigenvalue weighted by Gasteiger charge is 2.68. The lowest BCUT2D eigenvalue weighted by Crippen LogP contribution is -2.96. The molecule has 8 unspecified atom stereocenters. The Bertz CT molecular complexity index is 1360. The van der Waals surface area contributed by atoms with Crippen LogP contribution in [0.1, 0.15) is 85.0 Å². The molecule has 12 atom stereocenters. The topological polar surface area (TPSA) is 145 Å². The monoisotopic (exact) mass is 718 g/mol. The van der Waals surface area contributed by atoms with E-state index in [-0.39, 0.29) is 78.3 Å². The Kier molecular flexibility index (Phi) is 10.6. The summed E-state index contributed by atoms with van der Waals surface area (Å²) in [6.45, 7) is 7.44. The first-order valence-electron chi connectivity index (χ1n) is 18.7. The summed E-state index contributed by atoms with van der Waals surface area (Å²) >= 11 is 0. The molecule has 12 heteroatoms. The molecule has 10 nitrogen and oxygen atoms in total. The smallest absolute Gasteiger partial charge is 0.334 e. The molecule has 49 heavy (non-hydrogen) atoms. The molecule has 5 N–H and O–H groups in total. The average Bonchev–Trinajstić information content (AvgIpc) is 3.43. The van der Waals surface area contributed by atoms with Crippen LogP contribution in [0, 0.1) is 35.5 Å². The highest BCUT2D eigenvalue weighted by Crippen LogP contribution is 2.62. The van der Waals surface area contributed by atoms with Crippen molar-refractivity contribution in [2.24, 2.45) is 41.2 Å². The predicted octanol–water partition coefficient (Wildman–Crippen LogP) is 3.33. The van der Waals surface area contributed by atoms with Gasteiger partial charge in [0.15, 0.2) is 0 Å². The van der Waals surface area contributed by atoms with E-state index in [1.807, 2.05) is 28.5 Å². The van der Waals surface area contributed by atoms with Gasteiger partial charge in [0.1, 0.15) is 23.5 Å². The largest absolute Gasteiger partial charge is 0.462 e. The Morgan fingerprint density at radius 3 is 2.78 bits per heavy atom. The zero-order chi connectivity index (χ0) is 34.5. The van der Waals surface area contributed by atoms with Gasteiger partial charge in [-0.3, -0.25) is 15.3 Å². The maximum absolute atomic E-state index is 13.8. The van der Waals surface area contributed by atoms with Crippen LogP contribution in [0.2, 0.25) is 0 Å². The van der Waals surface area contributed by atoms with Crippen molar-refractivity contribution >= 4 is 39.4 Å². The van der Waals surface area contributed by atoms with Crippen LogP contribution in [-0.4, -0.2) is 94.7 Å². The van der Waals surface area contributed by atoms with Gasteiger partial charge in [0.25, 0.3) is 0 Å². The number of ether oxygens (including phenoxy) is 3. The second-order valence-electron chi connectivity index (χ2n) is 16.1. The first-order chi connectivity index (χ1) is 23.6. The summed E-state index contributed by atoms with van der Waals surface area (Å²) in [6, 6.07) is 0.319. The van der Waals surface area contributed by atoms with Crippen LogP contribution in [-0.2, 0) is 28.6 Å². The summed E-state index contributed by atoms with van der Waals surface area (Å²) in [5, 5.41) is 11.6. The molecule has 6 fully saturated rings. The van der Waals surface area contributed by atoms with Gasteiger partial charge >= 0.3 is 11.9 Å². The minimum atomic E-state index is -0.942. The van der Waals surface area contributed by atoms with Crippen LogP contribution in [0.4, 0.5) is 0 Å². The van der Waals surface area contributed by atoms with E-state index in [4.69, 9.17) is 19.9 Å². The molecule has 0 aromatic heterocycles. The Labute approximate surface area is 298 Å². The second-order valence-corrected chi connectivity index (χ2v) is 18.7. The molecule has 1 amide bonds. The van der Waals surface area contributed by atoms with E-state index in [1.54, 1.807) is 13.0 Å². The third-order valence-corrected chi connectivity index (χ3v) is 15.8. The van der Waals surface area contributed by atoms with Crippen molar-refractivity contribution in [3.8, 4) is 0 Å². The standard InChI is InChI=1S/C37H55N3O7S2/c1-4-21(2)34(43)47-36(3)9-7-23-19-48-49-20-27-8-10-40(27)32(42)14-26-18-39-31(38)15-28(26)33(23)37(36)17-25-13-24-12-22(6-5-11-41)35(44)45-29(24)16-30(25)46-37/h4,7,22,24-31,33,39,41H,5-6,8-20,38H2,1-3H3/p+1/t22?,24?,25?,26?,27-,28?,29?,30?,31?,33+,36-,37-/m0/s1. The number of hydrogen-bond donors (Lipinski definition) is 3. The van der Waals surface area contributed by atoms with E-state index in [9.17, 15) is 19.5 Å². The van der Waals surface area contributed by atoms with Crippen molar-refractivity contribution in [3.63, 3.8) is 0 Å². The Balaban J connectivity index is 1.27. The summed E-state index contributed by atoms with van der Waals surface area (Å²) in [5.74, 6) is 1.99. The third-order valence-electron chi connectivity index (χ3n) is 13.4. The number of rotatable bonds is 5. The number of carbonyl (C=O) groups is 3. The zero-order valence-electron chi connectivity index (χ0n) is 29.3. The fraction of sp³-hybridized carbons (Fsp3) is 0.811. The lowest BCUT2D eigenvalue weighted by atomic mass is 9.56. The number of piperidine rings is 1. The molecule has 0 aromatic rings. The highest BCUT2D eigenvalue weighted by molar-refractivity contribution is 8.76. The van der Waals surface area contributed by atoms with Gasteiger partial charge in [-0.1, -0.05) is 39.3 Å². The molecule has 272 valence electrons. The summed E-state index contributed by atoms with van der Waals surface area (Å²) < 4.78 is 20.3. The van der Waals surface area contributed by atoms with Crippen molar-refractivity contribution in [3.05, 3.63) is 23.3 Å². The van der Waals surface area contributed by atoms with Gasteiger partial charge in [-0.05, 0) is 77.0 Å². The number of aliphatic hydroxyl groups excluding tert-OH is 1. The van der Waals surface area contributed by atoms with E-state index < -0.39 is 11.2 Å². The number of aliphatic hydroxyl groups is 1. The SMILES string of the molecule is CC=C(C)C(=O)O[C@@]1(C)CC=C2CSSC[C@@H]3CCN3C(=O)CC3C[NH2+]C(N)CC3[C@@H]2[C@@]12CC1CC3CC(CCCO)C(=O)OC3CC1O2. The first kappa shape index (κ1) is 35.8. The molecule has 5 aliphatic heterocycles. The van der Waals surface area contributed by atoms with Crippen LogP contribution >= 0.6 is 21.6 Å². The lowest BCUT2D eigenvalue weighted by Gasteiger charge is -2.56. The molecule has 7 rings (SSSR count). The molecule has 0 aromatic carbocycles. The molecule has 0 radical (unpaired) electrons. The number of hydrogen-bond acceptors (Lipinski definition) is 10. The number of nitrogens with zero attached hydrogens (tertiary/aromatic N) is 1. The maximum Gasteiger partial charge on any atom is 0.334 e. The number of allylic oxidation sites excluding steroid dienone is 1. The van der Waals surface area contributed by atoms with Gasteiger partial charge < -0.3 is 29.5 Å². The molecule has 2 aliphatic carbocycles. The Morgan fingerprint density at radius 1 is 1.18 bits per heavy atom. The lowest BCUT2D eigenvalue weighted by molar-refractivity contribution is -0.706. The number of fused-ring (bicyclic) bond motifs is 7. The number of carbonyl (C=O) groups excluding carboxylic acids is 3. The van der Waals surface area contributed by atoms with E-state index in [0.29, 0.717) is 43.7 Å². The van der Waals surface area contributed by atoms with E-state index in [0.717, 1.165) is 56.7 Å². The first-order valence-corrected chi connectivity index (χ1v) is 21.2. The molecule has 0 bridgehead atoms. The minimum Gasteiger partial charge on any atom is -0.462 e. The average molecular weight is 719 g/mol. The van der Waals surface area contributed by atoms with Gasteiger partial charge in [0, 0.05) is 73.8 Å². The molecule has 5 heterocycles. The number of amides is 1. The van der Waals surface area contributed by atoms with Gasteiger partial charge in [-0.25, -0.2) is 4.79 Å². The number of nitrogens with two attached hydrogens (primary N) is 2. The number of quaternary nitrogens is 1. The van der Waals surface area contributed by atoms with E-state index >= 15 is 0 Å². The summed E-state index contributed by atoms with van der Waals surface area (Å²) in [4.78, 5) is 42.6. The van der Waals surface area contributed by atoms with Gasteiger partial charge in [0.2, 0.25) is 5.91 Å². The van der Waals surface area contributed by atoms with Crippen molar-refractivity contribution < 1.29 is 39.0 Å². The molecule has 7 aliphatic rings. The Hall–Kier alpha value is -1.57. The van der Waals surface area contributed by atoms with Gasteiger partial charge in [0.05, 0.1) is 18.6 Å². The summed E-state index contributed by atoms with van der Waals surface area (Å²) in [7, 11) is 3.73. The van der Waals surface area contributed by atoms with E-state index in [1.165, 1.54) is 5.57 Å². The predicted molar refractivity (Wildman–Crippen MR) is 189 cm³/mol. The highest BCUT2D eigenvalue weighted by atomic mass is 33.1. The van der Waals surface area contributed by atoms with Crippen molar-refractivity contribution in [2.75, 3.05) is 31.2 Å². The quantitative estimate of drug-likeness (QED) is 0.168.